The summed E-state index contributed by atoms with van der Waals surface area (Å²) < 4.78 is 19.9. The van der Waals surface area contributed by atoms with Crippen LogP contribution in [-0.4, -0.2) is 76.0 Å². The molecule has 1 fully saturated rings. The highest BCUT2D eigenvalue weighted by Crippen LogP contribution is 2.23. The maximum absolute atomic E-state index is 13.2. The summed E-state index contributed by atoms with van der Waals surface area (Å²) in [5.74, 6) is 0.239. The number of methoxy groups -OCH3 is 1. The van der Waals surface area contributed by atoms with Crippen LogP contribution >= 0.6 is 11.8 Å². The van der Waals surface area contributed by atoms with Crippen molar-refractivity contribution in [3.63, 3.8) is 0 Å². The van der Waals surface area contributed by atoms with Gasteiger partial charge in [-0.2, -0.15) is 4.68 Å². The minimum Gasteiger partial charge on any atom is -0.497 e. The summed E-state index contributed by atoms with van der Waals surface area (Å²) in [5, 5.41) is 15.2. The molecule has 39 heavy (non-hydrogen) atoms. The van der Waals surface area contributed by atoms with Crippen LogP contribution in [0, 0.1) is 5.82 Å². The number of hydrogen-bond donors (Lipinski definition) is 1. The molecule has 1 aliphatic rings. The zero-order chi connectivity index (χ0) is 27.2. The SMILES string of the molecule is COc1ccc(-n2nnnc2SCC(=O)Nc2ccc(N3CCN(C(=O)c4ccc(F)cc4)CC3)cc2)cc1. The van der Waals surface area contributed by atoms with Crippen LogP contribution in [0.2, 0.25) is 0 Å². The van der Waals surface area contributed by atoms with Crippen molar-refractivity contribution in [1.82, 2.24) is 25.1 Å². The molecule has 0 bridgehead atoms. The smallest absolute Gasteiger partial charge is 0.253 e. The zero-order valence-corrected chi connectivity index (χ0v) is 22.0. The Kier molecular flexibility index (Phi) is 8.02. The normalized spacial score (nSPS) is 13.3. The Hall–Kier alpha value is -4.45. The quantitative estimate of drug-likeness (QED) is 0.334. The van der Waals surface area contributed by atoms with Crippen molar-refractivity contribution < 1.29 is 18.7 Å². The van der Waals surface area contributed by atoms with Gasteiger partial charge in [-0.05, 0) is 83.2 Å². The summed E-state index contributed by atoms with van der Waals surface area (Å²) in [6.07, 6.45) is 0. The van der Waals surface area contributed by atoms with E-state index in [2.05, 4.69) is 25.7 Å². The van der Waals surface area contributed by atoms with Gasteiger partial charge in [0.25, 0.3) is 5.91 Å². The number of benzene rings is 3. The van der Waals surface area contributed by atoms with Gasteiger partial charge in [-0.3, -0.25) is 9.59 Å². The molecule has 2 heterocycles. The minimum atomic E-state index is -0.360. The van der Waals surface area contributed by atoms with Crippen molar-refractivity contribution in [2.75, 3.05) is 49.3 Å². The predicted molar refractivity (Wildman–Crippen MR) is 146 cm³/mol. The Morgan fingerprint density at radius 1 is 0.923 bits per heavy atom. The van der Waals surface area contributed by atoms with E-state index in [1.807, 2.05) is 48.5 Å². The van der Waals surface area contributed by atoms with Gasteiger partial charge >= 0.3 is 0 Å². The summed E-state index contributed by atoms with van der Waals surface area (Å²) in [6, 6.07) is 20.5. The van der Waals surface area contributed by atoms with Crippen LogP contribution in [0.1, 0.15) is 10.4 Å². The molecule has 1 aromatic heterocycles. The lowest BCUT2D eigenvalue weighted by atomic mass is 10.1. The molecule has 10 nitrogen and oxygen atoms in total. The summed E-state index contributed by atoms with van der Waals surface area (Å²) >= 11 is 1.24. The third kappa shape index (κ3) is 6.34. The number of nitrogens with zero attached hydrogens (tertiary/aromatic N) is 6. The van der Waals surface area contributed by atoms with Crippen LogP contribution in [0.25, 0.3) is 5.69 Å². The lowest BCUT2D eigenvalue weighted by molar-refractivity contribution is -0.113. The van der Waals surface area contributed by atoms with E-state index < -0.39 is 0 Å². The minimum absolute atomic E-state index is 0.0939. The molecule has 4 aromatic rings. The van der Waals surface area contributed by atoms with E-state index >= 15 is 0 Å². The molecule has 1 N–H and O–H groups in total. The number of rotatable bonds is 8. The van der Waals surface area contributed by atoms with Gasteiger partial charge in [0.2, 0.25) is 11.1 Å². The standard InChI is InChI=1S/C27H26FN7O3S/c1-38-24-12-10-23(11-13-24)35-27(30-31-32-35)39-18-25(36)29-21-6-8-22(9-7-21)33-14-16-34(17-15-33)26(37)19-2-4-20(28)5-3-19/h2-13H,14-18H2,1H3,(H,29,36). The third-order valence-corrected chi connectivity index (χ3v) is 7.18. The van der Waals surface area contributed by atoms with Gasteiger partial charge in [-0.15, -0.1) is 5.10 Å². The molecule has 0 unspecified atom stereocenters. The van der Waals surface area contributed by atoms with Crippen LogP contribution in [0.4, 0.5) is 15.8 Å². The Balaban J connectivity index is 1.10. The number of ether oxygens (including phenoxy) is 1. The van der Waals surface area contributed by atoms with Gasteiger partial charge < -0.3 is 19.9 Å². The average Bonchev–Trinajstić information content (AvgIpc) is 3.45. The van der Waals surface area contributed by atoms with E-state index in [9.17, 15) is 14.0 Å². The van der Waals surface area contributed by atoms with Gasteiger partial charge in [-0.1, -0.05) is 11.8 Å². The van der Waals surface area contributed by atoms with Crippen molar-refractivity contribution in [3.8, 4) is 11.4 Å². The molecule has 200 valence electrons. The molecule has 1 aliphatic heterocycles. The van der Waals surface area contributed by atoms with Crippen molar-refractivity contribution in [2.45, 2.75) is 5.16 Å². The van der Waals surface area contributed by atoms with E-state index in [1.54, 1.807) is 16.7 Å². The molecule has 0 radical (unpaired) electrons. The molecule has 0 spiro atoms. The van der Waals surface area contributed by atoms with E-state index in [1.165, 1.54) is 36.0 Å². The summed E-state index contributed by atoms with van der Waals surface area (Å²) in [6.45, 7) is 2.50. The first-order chi connectivity index (χ1) is 19.0. The van der Waals surface area contributed by atoms with Gasteiger partial charge in [0, 0.05) is 43.1 Å². The Morgan fingerprint density at radius 3 is 2.26 bits per heavy atom. The fraction of sp³-hybridized carbons (Fsp3) is 0.222. The number of anilines is 2. The number of halogens is 1. The monoisotopic (exact) mass is 547 g/mol. The van der Waals surface area contributed by atoms with Crippen LogP contribution in [0.15, 0.2) is 78.0 Å². The number of aromatic nitrogens is 4. The Bertz CT molecular complexity index is 1420. The maximum atomic E-state index is 13.2. The number of hydrogen-bond acceptors (Lipinski definition) is 8. The highest BCUT2D eigenvalue weighted by molar-refractivity contribution is 7.99. The lowest BCUT2D eigenvalue weighted by Gasteiger charge is -2.36. The van der Waals surface area contributed by atoms with Crippen LogP contribution < -0.4 is 15.0 Å². The Morgan fingerprint density at radius 2 is 1.59 bits per heavy atom. The first kappa shape index (κ1) is 26.2. The highest BCUT2D eigenvalue weighted by atomic mass is 32.2. The molecular weight excluding hydrogens is 521 g/mol. The molecule has 5 rings (SSSR count). The maximum Gasteiger partial charge on any atom is 0.253 e. The lowest BCUT2D eigenvalue weighted by Crippen LogP contribution is -2.48. The Labute approximate surface area is 228 Å². The van der Waals surface area contributed by atoms with E-state index in [0.29, 0.717) is 42.6 Å². The second-order valence-electron chi connectivity index (χ2n) is 8.74. The number of amides is 2. The number of carbonyl (C=O) groups excluding carboxylic acids is 2. The third-order valence-electron chi connectivity index (χ3n) is 6.26. The molecule has 0 atom stereocenters. The van der Waals surface area contributed by atoms with Crippen molar-refractivity contribution in [1.29, 1.82) is 0 Å². The number of piperazine rings is 1. The van der Waals surface area contributed by atoms with Gasteiger partial charge in [0.1, 0.15) is 11.6 Å². The van der Waals surface area contributed by atoms with Crippen LogP contribution in [-0.2, 0) is 4.79 Å². The van der Waals surface area contributed by atoms with E-state index in [-0.39, 0.29) is 23.4 Å². The second-order valence-corrected chi connectivity index (χ2v) is 9.68. The van der Waals surface area contributed by atoms with E-state index in [4.69, 9.17) is 4.74 Å². The molecule has 3 aromatic carbocycles. The molecule has 12 heteroatoms. The molecule has 0 saturated carbocycles. The largest absolute Gasteiger partial charge is 0.497 e. The molecule has 1 saturated heterocycles. The summed E-state index contributed by atoms with van der Waals surface area (Å²) in [7, 11) is 1.60. The number of nitrogens with one attached hydrogen (secondary N) is 1. The fourth-order valence-electron chi connectivity index (χ4n) is 4.18. The zero-order valence-electron chi connectivity index (χ0n) is 21.2. The van der Waals surface area contributed by atoms with Crippen molar-refractivity contribution in [2.24, 2.45) is 0 Å². The molecule has 0 aliphatic carbocycles. The van der Waals surface area contributed by atoms with Gasteiger partial charge in [0.15, 0.2) is 0 Å². The number of carbonyl (C=O) groups is 2. The summed E-state index contributed by atoms with van der Waals surface area (Å²) in [5.41, 5.74) is 2.94. The van der Waals surface area contributed by atoms with Gasteiger partial charge in [0.05, 0.1) is 18.6 Å². The topological polar surface area (TPSA) is 105 Å². The van der Waals surface area contributed by atoms with Gasteiger partial charge in [-0.25, -0.2) is 4.39 Å². The van der Waals surface area contributed by atoms with E-state index in [0.717, 1.165) is 17.1 Å². The summed E-state index contributed by atoms with van der Waals surface area (Å²) in [4.78, 5) is 29.2. The highest BCUT2D eigenvalue weighted by Gasteiger charge is 2.22. The molecular formula is C27H26FN7O3S. The molecule has 2 amide bonds. The predicted octanol–water partition coefficient (Wildman–Crippen LogP) is 3.50. The average molecular weight is 548 g/mol. The van der Waals surface area contributed by atoms with Crippen LogP contribution in [0.3, 0.4) is 0 Å². The van der Waals surface area contributed by atoms with Crippen molar-refractivity contribution >= 4 is 35.0 Å². The first-order valence-corrected chi connectivity index (χ1v) is 13.2. The van der Waals surface area contributed by atoms with Crippen LogP contribution in [0.5, 0.6) is 5.75 Å². The second kappa shape index (κ2) is 11.9. The number of thioether (sulfide) groups is 1. The van der Waals surface area contributed by atoms with Crippen molar-refractivity contribution in [3.05, 3.63) is 84.2 Å². The fourth-order valence-corrected chi connectivity index (χ4v) is 4.87. The number of tetrazole rings is 1. The first-order valence-electron chi connectivity index (χ1n) is 12.3.